The first-order chi connectivity index (χ1) is 8.52. The van der Waals surface area contributed by atoms with Crippen LogP contribution in [0.3, 0.4) is 0 Å². The minimum Gasteiger partial charge on any atom is -0.207 e. The highest BCUT2D eigenvalue weighted by Gasteiger charge is 2.21. The van der Waals surface area contributed by atoms with Crippen LogP contribution in [0.25, 0.3) is 0 Å². The Morgan fingerprint density at radius 1 is 1.33 bits per heavy atom. The van der Waals surface area contributed by atoms with Gasteiger partial charge in [0.25, 0.3) is 0 Å². The molecule has 0 aliphatic heterocycles. The Balaban J connectivity index is 2.37. The van der Waals surface area contributed by atoms with E-state index >= 15 is 0 Å². The van der Waals surface area contributed by atoms with E-state index in [4.69, 9.17) is 0 Å². The van der Waals surface area contributed by atoms with Gasteiger partial charge < -0.3 is 0 Å². The fourth-order valence-corrected chi connectivity index (χ4v) is 1.85. The van der Waals surface area contributed by atoms with Crippen LogP contribution in [0.2, 0.25) is 0 Å². The Hall–Kier alpha value is -2.11. The van der Waals surface area contributed by atoms with Gasteiger partial charge in [-0.15, -0.1) is 9.59 Å². The molecule has 0 fully saturated rings. The fourth-order valence-electron chi connectivity index (χ4n) is 1.85. The summed E-state index contributed by atoms with van der Waals surface area (Å²) in [6.07, 6.45) is 0. The molecule has 94 valence electrons. The number of halogens is 2. The summed E-state index contributed by atoms with van der Waals surface area (Å²) in [6, 6.07) is 3.41. The molecule has 0 aliphatic carbocycles. The summed E-state index contributed by atoms with van der Waals surface area (Å²) in [4.78, 5) is 10.6. The Morgan fingerprint density at radius 3 is 2.61 bits per heavy atom. The van der Waals surface area contributed by atoms with Crippen molar-refractivity contribution in [3.05, 3.63) is 51.7 Å². The Bertz CT molecular complexity index is 608. The van der Waals surface area contributed by atoms with Crippen molar-refractivity contribution in [1.29, 1.82) is 0 Å². The number of H-pyrrole nitrogens is 1. The number of aryl methyl sites for hydroxylation is 1. The number of nitrogens with zero attached hydrogens (tertiary/aromatic N) is 2. The van der Waals surface area contributed by atoms with E-state index in [1.165, 1.54) is 12.1 Å². The standard InChI is InChI=1S/C12H11F2N3O/c1-7-12(16-18)8(2)17(15-7)6-9-3-4-10(13)5-11(9)14/h3-5H,6H2,1-2H3/p+1. The minimum atomic E-state index is -0.616. The number of aromatic amines is 1. The zero-order valence-corrected chi connectivity index (χ0v) is 10.00. The second-order valence-corrected chi connectivity index (χ2v) is 4.08. The quantitative estimate of drug-likeness (QED) is 0.662. The molecule has 0 saturated carbocycles. The maximum Gasteiger partial charge on any atom is 0.234 e. The zero-order valence-electron chi connectivity index (χ0n) is 10.00. The topological polar surface area (TPSA) is 49.1 Å². The number of nitrogens with one attached hydrogen (secondary N) is 1. The van der Waals surface area contributed by atoms with Gasteiger partial charge in [-0.3, -0.25) is 0 Å². The van der Waals surface area contributed by atoms with E-state index in [9.17, 15) is 13.7 Å². The first kappa shape index (κ1) is 12.3. The van der Waals surface area contributed by atoms with Crippen molar-refractivity contribution >= 4 is 5.69 Å². The summed E-state index contributed by atoms with van der Waals surface area (Å²) in [7, 11) is 0. The van der Waals surface area contributed by atoms with Gasteiger partial charge in [-0.1, -0.05) is 0 Å². The van der Waals surface area contributed by atoms with Crippen molar-refractivity contribution in [2.75, 3.05) is 0 Å². The third-order valence-corrected chi connectivity index (χ3v) is 2.84. The van der Waals surface area contributed by atoms with Gasteiger partial charge in [-0.05, 0) is 24.2 Å². The van der Waals surface area contributed by atoms with E-state index < -0.39 is 11.6 Å². The van der Waals surface area contributed by atoms with Gasteiger partial charge in [-0.25, -0.2) is 8.78 Å². The Kier molecular flexibility index (Phi) is 3.18. The van der Waals surface area contributed by atoms with Crippen molar-refractivity contribution in [2.45, 2.75) is 20.4 Å². The predicted molar refractivity (Wildman–Crippen MR) is 61.4 cm³/mol. The predicted octanol–water partition coefficient (Wildman–Crippen LogP) is 2.64. The number of nitroso groups, excluding NO2 is 1. The van der Waals surface area contributed by atoms with Crippen LogP contribution in [0.15, 0.2) is 23.4 Å². The third-order valence-electron chi connectivity index (χ3n) is 2.84. The highest BCUT2D eigenvalue weighted by atomic mass is 19.1. The van der Waals surface area contributed by atoms with Crippen molar-refractivity contribution in [3.63, 3.8) is 0 Å². The van der Waals surface area contributed by atoms with Crippen molar-refractivity contribution in [3.8, 4) is 0 Å². The molecule has 2 aromatic rings. The average molecular weight is 252 g/mol. The molecule has 4 nitrogen and oxygen atoms in total. The lowest BCUT2D eigenvalue weighted by atomic mass is 10.2. The molecule has 0 spiro atoms. The zero-order chi connectivity index (χ0) is 13.3. The molecule has 1 N–H and O–H groups in total. The second-order valence-electron chi connectivity index (χ2n) is 4.08. The first-order valence-corrected chi connectivity index (χ1v) is 5.39. The van der Waals surface area contributed by atoms with Crippen LogP contribution in [0.1, 0.15) is 17.0 Å². The highest BCUT2D eigenvalue weighted by molar-refractivity contribution is 5.42. The van der Waals surface area contributed by atoms with E-state index in [-0.39, 0.29) is 6.54 Å². The lowest BCUT2D eigenvalue weighted by molar-refractivity contribution is -0.747. The number of rotatable bonds is 3. The Morgan fingerprint density at radius 2 is 2.06 bits per heavy atom. The van der Waals surface area contributed by atoms with Gasteiger partial charge in [-0.2, -0.15) is 5.10 Å². The van der Waals surface area contributed by atoms with Crippen molar-refractivity contribution < 1.29 is 13.5 Å². The molecular weight excluding hydrogens is 240 g/mol. The molecule has 0 aliphatic rings. The fraction of sp³-hybridized carbons (Fsp3) is 0.250. The van der Waals surface area contributed by atoms with Gasteiger partial charge in [0.2, 0.25) is 11.4 Å². The van der Waals surface area contributed by atoms with Gasteiger partial charge >= 0.3 is 0 Å². The molecule has 0 unspecified atom stereocenters. The number of aromatic nitrogens is 2. The minimum absolute atomic E-state index is 0.189. The van der Waals surface area contributed by atoms with Crippen molar-refractivity contribution in [2.24, 2.45) is 5.18 Å². The molecule has 0 radical (unpaired) electrons. The molecule has 2 rings (SSSR count). The molecule has 1 aromatic heterocycles. The van der Waals surface area contributed by atoms with E-state index in [1.807, 2.05) is 0 Å². The van der Waals surface area contributed by atoms with Gasteiger partial charge in [0.1, 0.15) is 17.3 Å². The number of hydrogen-bond acceptors (Lipinski definition) is 2. The average Bonchev–Trinajstić information content (AvgIpc) is 2.58. The number of hydrogen-bond donors (Lipinski definition) is 1. The van der Waals surface area contributed by atoms with E-state index in [1.54, 1.807) is 18.5 Å². The highest BCUT2D eigenvalue weighted by Crippen LogP contribution is 2.19. The molecule has 0 saturated heterocycles. The molecule has 0 bridgehead atoms. The largest absolute Gasteiger partial charge is 0.234 e. The van der Waals surface area contributed by atoms with Crippen LogP contribution < -0.4 is 4.68 Å². The lowest BCUT2D eigenvalue weighted by Crippen LogP contribution is -2.39. The summed E-state index contributed by atoms with van der Waals surface area (Å²) in [5.41, 5.74) is 1.89. The molecule has 1 heterocycles. The van der Waals surface area contributed by atoms with Gasteiger partial charge in [0.15, 0.2) is 6.54 Å². The smallest absolute Gasteiger partial charge is 0.207 e. The SMILES string of the molecule is Cc1[nH][n+](Cc2ccc(F)cc2F)c(C)c1N=O. The van der Waals surface area contributed by atoms with Crippen LogP contribution in [-0.4, -0.2) is 5.10 Å². The maximum atomic E-state index is 13.5. The second kappa shape index (κ2) is 4.64. The van der Waals surface area contributed by atoms with E-state index in [2.05, 4.69) is 10.3 Å². The normalized spacial score (nSPS) is 10.7. The third kappa shape index (κ3) is 2.13. The van der Waals surface area contributed by atoms with Crippen LogP contribution >= 0.6 is 0 Å². The number of benzene rings is 1. The van der Waals surface area contributed by atoms with E-state index in [0.29, 0.717) is 22.6 Å². The first-order valence-electron chi connectivity index (χ1n) is 5.39. The van der Waals surface area contributed by atoms with Gasteiger partial charge in [0.05, 0.1) is 5.56 Å². The van der Waals surface area contributed by atoms with Crippen LogP contribution in [0, 0.1) is 30.4 Å². The van der Waals surface area contributed by atoms with Crippen LogP contribution in [-0.2, 0) is 6.54 Å². The van der Waals surface area contributed by atoms with Gasteiger partial charge in [0, 0.05) is 13.0 Å². The molecule has 1 aromatic carbocycles. The van der Waals surface area contributed by atoms with Crippen molar-refractivity contribution in [1.82, 2.24) is 5.10 Å². The van der Waals surface area contributed by atoms with Crippen LogP contribution in [0.4, 0.5) is 14.5 Å². The monoisotopic (exact) mass is 252 g/mol. The molecule has 0 amide bonds. The summed E-state index contributed by atoms with van der Waals surface area (Å²) in [5, 5.41) is 5.83. The lowest BCUT2D eigenvalue weighted by Gasteiger charge is -1.98. The maximum absolute atomic E-state index is 13.5. The van der Waals surface area contributed by atoms with Crippen LogP contribution in [0.5, 0.6) is 0 Å². The van der Waals surface area contributed by atoms with E-state index in [0.717, 1.165) is 6.07 Å². The molecular formula is C12H12F2N3O+. The molecule has 18 heavy (non-hydrogen) atoms. The molecule has 6 heteroatoms. The summed E-state index contributed by atoms with van der Waals surface area (Å²) in [6.45, 7) is 3.61. The molecule has 0 atom stereocenters. The summed E-state index contributed by atoms with van der Waals surface area (Å²) in [5.74, 6) is -1.23. The summed E-state index contributed by atoms with van der Waals surface area (Å²) < 4.78 is 27.9. The summed E-state index contributed by atoms with van der Waals surface area (Å²) >= 11 is 0. The Labute approximate surface area is 102 Å².